The van der Waals surface area contributed by atoms with E-state index in [2.05, 4.69) is 63.4 Å². The molecule has 0 aliphatic heterocycles. The Hall–Kier alpha value is -1.50. The maximum atomic E-state index is 4.18. The first kappa shape index (κ1) is 39.7. The van der Waals surface area contributed by atoms with Crippen LogP contribution >= 0.6 is 0 Å². The molecular formula is C52H83N. The molecule has 296 valence electrons. The van der Waals surface area contributed by atoms with Crippen LogP contribution in [0.25, 0.3) is 0 Å². The van der Waals surface area contributed by atoms with Crippen LogP contribution in [0, 0.1) is 65.1 Å². The summed E-state index contributed by atoms with van der Waals surface area (Å²) in [5.41, 5.74) is 9.11. The Balaban J connectivity index is 1.00. The van der Waals surface area contributed by atoms with Gasteiger partial charge in [0, 0.05) is 12.2 Å². The van der Waals surface area contributed by atoms with Crippen molar-refractivity contribution in [3.8, 4) is 0 Å². The summed E-state index contributed by atoms with van der Waals surface area (Å²) in [5, 5.41) is 4.18. The minimum Gasteiger partial charge on any atom is -0.388 e. The van der Waals surface area contributed by atoms with E-state index in [9.17, 15) is 0 Å². The molecule has 0 bridgehead atoms. The van der Waals surface area contributed by atoms with E-state index in [0.717, 1.165) is 65.1 Å². The van der Waals surface area contributed by atoms with Gasteiger partial charge in [-0.25, -0.2) is 0 Å². The Morgan fingerprint density at radius 2 is 1.45 bits per heavy atom. The molecule has 7 aliphatic carbocycles. The SMILES string of the molecule is CCC(C)CC[C@H](C)C1CCC(C2=C3CCCCC3C(C(C)CC[C@H](CNC3=CC4=C(CCCC4)CC3)C3CCCCC3C3C=CC=CC3)CC2)CC1. The second kappa shape index (κ2) is 19.6. The molecule has 0 heterocycles. The van der Waals surface area contributed by atoms with Gasteiger partial charge in [0.15, 0.2) is 0 Å². The lowest BCUT2D eigenvalue weighted by Gasteiger charge is -2.45. The summed E-state index contributed by atoms with van der Waals surface area (Å²) >= 11 is 0. The van der Waals surface area contributed by atoms with Crippen LogP contribution in [0.2, 0.25) is 0 Å². The third kappa shape index (κ3) is 10.1. The van der Waals surface area contributed by atoms with Gasteiger partial charge in [0.2, 0.25) is 0 Å². The number of allylic oxidation sites excluding steroid dienone is 10. The molecule has 0 amide bonds. The fourth-order valence-electron chi connectivity index (χ4n) is 13.6. The van der Waals surface area contributed by atoms with Gasteiger partial charge in [0.25, 0.3) is 0 Å². The van der Waals surface area contributed by atoms with Crippen molar-refractivity contribution >= 4 is 0 Å². The Bertz CT molecular complexity index is 1310. The molecule has 9 atom stereocenters. The van der Waals surface area contributed by atoms with Gasteiger partial charge in [-0.2, -0.15) is 0 Å². The Morgan fingerprint density at radius 3 is 2.28 bits per heavy atom. The summed E-state index contributed by atoms with van der Waals surface area (Å²) in [6.45, 7) is 11.4. The lowest BCUT2D eigenvalue weighted by Crippen LogP contribution is -2.38. The maximum absolute atomic E-state index is 4.18. The zero-order chi connectivity index (χ0) is 36.6. The normalized spacial score (nSPS) is 34.5. The van der Waals surface area contributed by atoms with Crippen LogP contribution in [0.3, 0.4) is 0 Å². The van der Waals surface area contributed by atoms with Crippen molar-refractivity contribution in [2.75, 3.05) is 6.54 Å². The molecular weight excluding hydrogens is 639 g/mol. The van der Waals surface area contributed by atoms with Gasteiger partial charge in [0.1, 0.15) is 0 Å². The molecule has 0 aromatic heterocycles. The van der Waals surface area contributed by atoms with E-state index in [4.69, 9.17) is 0 Å². The van der Waals surface area contributed by atoms with Crippen molar-refractivity contribution in [1.82, 2.24) is 5.32 Å². The molecule has 0 aromatic carbocycles. The van der Waals surface area contributed by atoms with Crippen molar-refractivity contribution in [3.05, 3.63) is 58.4 Å². The van der Waals surface area contributed by atoms with E-state index in [1.54, 1.807) is 16.8 Å². The Kier molecular flexibility index (Phi) is 14.7. The second-order valence-corrected chi connectivity index (χ2v) is 20.3. The number of hydrogen-bond acceptors (Lipinski definition) is 1. The van der Waals surface area contributed by atoms with Crippen molar-refractivity contribution < 1.29 is 0 Å². The quantitative estimate of drug-likeness (QED) is 0.166. The first-order valence-corrected chi connectivity index (χ1v) is 24.2. The number of rotatable bonds is 15. The van der Waals surface area contributed by atoms with Gasteiger partial charge in [-0.15, -0.1) is 0 Å². The van der Waals surface area contributed by atoms with E-state index in [1.165, 1.54) is 173 Å². The molecule has 0 saturated heterocycles. The zero-order valence-electron chi connectivity index (χ0n) is 35.3. The third-order valence-electron chi connectivity index (χ3n) is 17.2. The standard InChI is InChI=1S/C52H83N/c1-5-37(2)23-24-38(3)40-27-29-43(30-28-40)50-34-33-47(51-21-13-14-22-52(50)51)39(4)25-26-45(36-53-46-32-31-41-15-9-10-18-44(41)35-46)49-20-12-11-19-48(49)42-16-7-6-8-17-42/h6-8,16,35,37-40,42-43,45,47-49,51,53H,5,9-15,17-34,36H2,1-4H3/t37?,38-,39?,40?,42?,43?,45+,47?,48?,49?,51?/m0/s1. The molecule has 1 heteroatoms. The molecule has 1 N–H and O–H groups in total. The van der Waals surface area contributed by atoms with E-state index in [-0.39, 0.29) is 0 Å². The fraction of sp³-hybridized carbons (Fsp3) is 0.808. The molecule has 7 aliphatic rings. The summed E-state index contributed by atoms with van der Waals surface area (Å²) in [6.07, 6.45) is 49.5. The number of hydrogen-bond donors (Lipinski definition) is 1. The van der Waals surface area contributed by atoms with Crippen LogP contribution in [0.15, 0.2) is 58.4 Å². The van der Waals surface area contributed by atoms with E-state index in [0.29, 0.717) is 0 Å². The molecule has 0 spiro atoms. The first-order valence-electron chi connectivity index (χ1n) is 24.2. The molecule has 0 aromatic rings. The lowest BCUT2D eigenvalue weighted by atomic mass is 9.60. The first-order chi connectivity index (χ1) is 26.0. The smallest absolute Gasteiger partial charge is 0.0175 e. The van der Waals surface area contributed by atoms with Gasteiger partial charge in [0.05, 0.1) is 0 Å². The van der Waals surface area contributed by atoms with Crippen LogP contribution in [-0.4, -0.2) is 6.54 Å². The molecule has 7 rings (SSSR count). The Morgan fingerprint density at radius 1 is 0.660 bits per heavy atom. The molecule has 53 heavy (non-hydrogen) atoms. The van der Waals surface area contributed by atoms with E-state index in [1.807, 2.05) is 11.1 Å². The predicted molar refractivity (Wildman–Crippen MR) is 230 cm³/mol. The fourth-order valence-corrected chi connectivity index (χ4v) is 13.6. The summed E-state index contributed by atoms with van der Waals surface area (Å²) in [5.74, 6) is 9.82. The average molecular weight is 722 g/mol. The highest BCUT2D eigenvalue weighted by molar-refractivity contribution is 5.34. The summed E-state index contributed by atoms with van der Waals surface area (Å²) in [7, 11) is 0. The molecule has 3 fully saturated rings. The molecule has 7 unspecified atom stereocenters. The highest BCUT2D eigenvalue weighted by Gasteiger charge is 2.40. The van der Waals surface area contributed by atoms with Gasteiger partial charge >= 0.3 is 0 Å². The van der Waals surface area contributed by atoms with E-state index < -0.39 is 0 Å². The minimum absolute atomic E-state index is 0.767. The van der Waals surface area contributed by atoms with Crippen LogP contribution in [-0.2, 0) is 0 Å². The second-order valence-electron chi connectivity index (χ2n) is 20.3. The summed E-state index contributed by atoms with van der Waals surface area (Å²) in [6, 6.07) is 0. The predicted octanol–water partition coefficient (Wildman–Crippen LogP) is 15.3. The van der Waals surface area contributed by atoms with Gasteiger partial charge in [-0.05, 0) is 199 Å². The lowest BCUT2D eigenvalue weighted by molar-refractivity contribution is 0.106. The van der Waals surface area contributed by atoms with Crippen LogP contribution in [0.5, 0.6) is 0 Å². The highest BCUT2D eigenvalue weighted by Crippen LogP contribution is 2.52. The maximum Gasteiger partial charge on any atom is 0.0175 e. The molecule has 0 radical (unpaired) electrons. The number of nitrogens with one attached hydrogen (secondary N) is 1. The monoisotopic (exact) mass is 722 g/mol. The van der Waals surface area contributed by atoms with Gasteiger partial charge in [-0.1, -0.05) is 114 Å². The summed E-state index contributed by atoms with van der Waals surface area (Å²) in [4.78, 5) is 0. The topological polar surface area (TPSA) is 12.0 Å². The highest BCUT2D eigenvalue weighted by atomic mass is 14.9. The number of fused-ring (bicyclic) bond motifs is 1. The average Bonchev–Trinajstić information content (AvgIpc) is 3.22. The Labute approximate surface area is 328 Å². The largest absolute Gasteiger partial charge is 0.388 e. The van der Waals surface area contributed by atoms with Crippen LogP contribution < -0.4 is 5.32 Å². The van der Waals surface area contributed by atoms with Gasteiger partial charge in [-0.3, -0.25) is 0 Å². The van der Waals surface area contributed by atoms with Crippen molar-refractivity contribution in [2.24, 2.45) is 65.1 Å². The van der Waals surface area contributed by atoms with Crippen LogP contribution in [0.4, 0.5) is 0 Å². The third-order valence-corrected chi connectivity index (χ3v) is 17.2. The van der Waals surface area contributed by atoms with Crippen LogP contribution in [0.1, 0.15) is 195 Å². The zero-order valence-corrected chi connectivity index (χ0v) is 35.3. The van der Waals surface area contributed by atoms with Crippen molar-refractivity contribution in [3.63, 3.8) is 0 Å². The van der Waals surface area contributed by atoms with Crippen molar-refractivity contribution in [1.29, 1.82) is 0 Å². The van der Waals surface area contributed by atoms with E-state index >= 15 is 0 Å². The molecule has 3 saturated carbocycles. The molecule has 1 nitrogen and oxygen atoms in total. The minimum atomic E-state index is 0.767. The van der Waals surface area contributed by atoms with Gasteiger partial charge < -0.3 is 5.32 Å². The summed E-state index contributed by atoms with van der Waals surface area (Å²) < 4.78 is 0. The van der Waals surface area contributed by atoms with Crippen molar-refractivity contribution in [2.45, 2.75) is 195 Å².